The van der Waals surface area contributed by atoms with Crippen LogP contribution in [0.4, 0.5) is 0 Å². The fourth-order valence-electron chi connectivity index (χ4n) is 1.84. The fraction of sp³-hybridized carbons (Fsp3) is 0.200. The molecule has 0 bridgehead atoms. The van der Waals surface area contributed by atoms with Gasteiger partial charge in [-0.2, -0.15) is 0 Å². The van der Waals surface area contributed by atoms with E-state index in [2.05, 4.69) is 4.72 Å². The Labute approximate surface area is 134 Å². The molecular weight excluding hydrogens is 326 g/mol. The molecule has 2 rings (SSSR count). The van der Waals surface area contributed by atoms with Gasteiger partial charge in [0.1, 0.15) is 11.5 Å². The van der Waals surface area contributed by atoms with Crippen molar-refractivity contribution in [1.29, 1.82) is 0 Å². The summed E-state index contributed by atoms with van der Waals surface area (Å²) in [7, 11) is -0.548. The Hall–Kier alpha value is -1.76. The van der Waals surface area contributed by atoms with E-state index < -0.39 is 10.0 Å². The van der Waals surface area contributed by atoms with E-state index in [-0.39, 0.29) is 11.4 Å². The van der Waals surface area contributed by atoms with Gasteiger partial charge in [0.15, 0.2) is 0 Å². The van der Waals surface area contributed by atoms with E-state index in [4.69, 9.17) is 21.1 Å². The van der Waals surface area contributed by atoms with Crippen molar-refractivity contribution in [3.8, 4) is 11.5 Å². The molecule has 0 fully saturated rings. The van der Waals surface area contributed by atoms with Gasteiger partial charge in [-0.1, -0.05) is 17.7 Å². The molecule has 0 aliphatic rings. The second-order valence-electron chi connectivity index (χ2n) is 4.47. The molecule has 0 aliphatic heterocycles. The molecule has 2 aromatic rings. The first kappa shape index (κ1) is 16.6. The zero-order valence-electron chi connectivity index (χ0n) is 12.2. The Morgan fingerprint density at radius 1 is 1.05 bits per heavy atom. The van der Waals surface area contributed by atoms with Crippen LogP contribution < -0.4 is 14.2 Å². The zero-order valence-corrected chi connectivity index (χ0v) is 13.7. The summed E-state index contributed by atoms with van der Waals surface area (Å²) in [6, 6.07) is 11.3. The predicted octanol–water partition coefficient (Wildman–Crippen LogP) is 2.84. The van der Waals surface area contributed by atoms with Crippen LogP contribution in [-0.4, -0.2) is 22.6 Å². The summed E-state index contributed by atoms with van der Waals surface area (Å²) >= 11 is 6.01. The summed E-state index contributed by atoms with van der Waals surface area (Å²) in [6.45, 7) is 0.137. The monoisotopic (exact) mass is 341 g/mol. The minimum Gasteiger partial charge on any atom is -0.497 e. The number of benzene rings is 2. The summed E-state index contributed by atoms with van der Waals surface area (Å²) in [4.78, 5) is 0.174. The summed E-state index contributed by atoms with van der Waals surface area (Å²) in [5.41, 5.74) is 0.739. The van der Waals surface area contributed by atoms with Crippen LogP contribution >= 0.6 is 11.6 Å². The lowest BCUT2D eigenvalue weighted by Crippen LogP contribution is -2.23. The van der Waals surface area contributed by atoms with Crippen LogP contribution in [0.2, 0.25) is 5.02 Å². The van der Waals surface area contributed by atoms with Crippen molar-refractivity contribution in [2.24, 2.45) is 0 Å². The van der Waals surface area contributed by atoms with Gasteiger partial charge in [-0.05, 0) is 42.0 Å². The van der Waals surface area contributed by atoms with Crippen LogP contribution in [0.25, 0.3) is 0 Å². The molecule has 5 nitrogen and oxygen atoms in total. The third-order valence-electron chi connectivity index (χ3n) is 3.05. The molecule has 0 atom stereocenters. The molecule has 0 saturated carbocycles. The lowest BCUT2D eigenvalue weighted by Gasteiger charge is -2.09. The second kappa shape index (κ2) is 7.00. The maximum Gasteiger partial charge on any atom is 0.240 e. The summed E-state index contributed by atoms with van der Waals surface area (Å²) < 4.78 is 37.0. The molecular formula is C15H16ClNO4S. The van der Waals surface area contributed by atoms with Gasteiger partial charge < -0.3 is 9.47 Å². The highest BCUT2D eigenvalue weighted by Gasteiger charge is 2.14. The van der Waals surface area contributed by atoms with Gasteiger partial charge in [-0.3, -0.25) is 0 Å². The van der Waals surface area contributed by atoms with E-state index in [9.17, 15) is 8.42 Å². The molecule has 7 heteroatoms. The lowest BCUT2D eigenvalue weighted by molar-refractivity contribution is 0.414. The molecule has 1 N–H and O–H groups in total. The van der Waals surface area contributed by atoms with Crippen molar-refractivity contribution >= 4 is 21.6 Å². The number of ether oxygens (including phenoxy) is 2. The van der Waals surface area contributed by atoms with E-state index in [1.165, 1.54) is 26.4 Å². The van der Waals surface area contributed by atoms with E-state index in [0.717, 1.165) is 5.56 Å². The van der Waals surface area contributed by atoms with Crippen LogP contribution in [0.1, 0.15) is 5.56 Å². The smallest absolute Gasteiger partial charge is 0.240 e. The SMILES string of the molecule is COc1ccc(S(=O)(=O)NCc2ccc(OC)c(Cl)c2)cc1. The number of nitrogens with one attached hydrogen (secondary N) is 1. The van der Waals surface area contributed by atoms with Crippen LogP contribution in [0.5, 0.6) is 11.5 Å². The molecule has 2 aromatic carbocycles. The predicted molar refractivity (Wildman–Crippen MR) is 85.0 cm³/mol. The van der Waals surface area contributed by atoms with Gasteiger partial charge in [0.05, 0.1) is 24.1 Å². The van der Waals surface area contributed by atoms with Crippen molar-refractivity contribution in [2.45, 2.75) is 11.4 Å². The quantitative estimate of drug-likeness (QED) is 0.877. The highest BCUT2D eigenvalue weighted by atomic mass is 35.5. The zero-order chi connectivity index (χ0) is 16.2. The van der Waals surface area contributed by atoms with Gasteiger partial charge >= 0.3 is 0 Å². The highest BCUT2D eigenvalue weighted by molar-refractivity contribution is 7.89. The van der Waals surface area contributed by atoms with Crippen LogP contribution in [-0.2, 0) is 16.6 Å². The number of rotatable bonds is 6. The molecule has 0 heterocycles. The lowest BCUT2D eigenvalue weighted by atomic mass is 10.2. The van der Waals surface area contributed by atoms with Crippen molar-refractivity contribution in [3.63, 3.8) is 0 Å². The Kier molecular flexibility index (Phi) is 5.28. The van der Waals surface area contributed by atoms with Gasteiger partial charge in [0.25, 0.3) is 0 Å². The average molecular weight is 342 g/mol. The number of halogens is 1. The maximum absolute atomic E-state index is 12.2. The summed E-state index contributed by atoms with van der Waals surface area (Å²) in [5, 5.41) is 0.434. The molecule has 0 amide bonds. The van der Waals surface area contributed by atoms with Crippen molar-refractivity contribution in [3.05, 3.63) is 53.1 Å². The number of hydrogen-bond donors (Lipinski definition) is 1. The van der Waals surface area contributed by atoms with Gasteiger partial charge in [0.2, 0.25) is 10.0 Å². The summed E-state index contributed by atoms with van der Waals surface area (Å²) in [5.74, 6) is 1.14. The third-order valence-corrected chi connectivity index (χ3v) is 4.76. The Morgan fingerprint density at radius 2 is 1.73 bits per heavy atom. The molecule has 0 spiro atoms. The number of sulfonamides is 1. The van der Waals surface area contributed by atoms with Crippen LogP contribution in [0, 0.1) is 0 Å². The van der Waals surface area contributed by atoms with E-state index >= 15 is 0 Å². The molecule has 22 heavy (non-hydrogen) atoms. The largest absolute Gasteiger partial charge is 0.497 e. The fourth-order valence-corrected chi connectivity index (χ4v) is 3.13. The second-order valence-corrected chi connectivity index (χ2v) is 6.64. The van der Waals surface area contributed by atoms with Crippen molar-refractivity contribution in [1.82, 2.24) is 4.72 Å². The molecule has 118 valence electrons. The first-order chi connectivity index (χ1) is 10.5. The minimum atomic E-state index is -3.59. The Balaban J connectivity index is 2.10. The normalized spacial score (nSPS) is 11.2. The Bertz CT molecular complexity index is 745. The number of hydrogen-bond acceptors (Lipinski definition) is 4. The standard InChI is InChI=1S/C15H16ClNO4S/c1-20-12-4-6-13(7-5-12)22(18,19)17-10-11-3-8-15(21-2)14(16)9-11/h3-9,17H,10H2,1-2H3. The summed E-state index contributed by atoms with van der Waals surface area (Å²) in [6.07, 6.45) is 0. The van der Waals surface area contributed by atoms with Gasteiger partial charge in [-0.15, -0.1) is 0 Å². The van der Waals surface area contributed by atoms with E-state index in [0.29, 0.717) is 16.5 Å². The topological polar surface area (TPSA) is 64.6 Å². The molecule has 0 aromatic heterocycles. The van der Waals surface area contributed by atoms with Crippen molar-refractivity contribution < 1.29 is 17.9 Å². The molecule has 0 aliphatic carbocycles. The van der Waals surface area contributed by atoms with Crippen LogP contribution in [0.15, 0.2) is 47.4 Å². The molecule has 0 unspecified atom stereocenters. The molecule has 0 radical (unpaired) electrons. The van der Waals surface area contributed by atoms with E-state index in [1.54, 1.807) is 30.3 Å². The first-order valence-electron chi connectivity index (χ1n) is 6.42. The van der Waals surface area contributed by atoms with E-state index in [1.807, 2.05) is 0 Å². The molecule has 0 saturated heterocycles. The Morgan fingerprint density at radius 3 is 2.27 bits per heavy atom. The first-order valence-corrected chi connectivity index (χ1v) is 8.28. The van der Waals surface area contributed by atoms with Crippen LogP contribution in [0.3, 0.4) is 0 Å². The highest BCUT2D eigenvalue weighted by Crippen LogP contribution is 2.25. The average Bonchev–Trinajstić information content (AvgIpc) is 2.53. The maximum atomic E-state index is 12.2. The van der Waals surface area contributed by atoms with Crippen molar-refractivity contribution in [2.75, 3.05) is 14.2 Å². The van der Waals surface area contributed by atoms with Gasteiger partial charge in [0, 0.05) is 6.54 Å². The number of methoxy groups -OCH3 is 2. The van der Waals surface area contributed by atoms with Gasteiger partial charge in [-0.25, -0.2) is 13.1 Å². The minimum absolute atomic E-state index is 0.137. The third kappa shape index (κ3) is 3.91.